The molecule has 15 heavy (non-hydrogen) atoms. The lowest BCUT2D eigenvalue weighted by Crippen LogP contribution is -2.32. The fourth-order valence-corrected chi connectivity index (χ4v) is 8.34. The van der Waals surface area contributed by atoms with E-state index in [2.05, 4.69) is 0 Å². The lowest BCUT2D eigenvalue weighted by Gasteiger charge is -2.17. The van der Waals surface area contributed by atoms with Crippen molar-refractivity contribution in [2.24, 2.45) is 0 Å². The van der Waals surface area contributed by atoms with Gasteiger partial charge < -0.3 is 9.79 Å². The molecule has 0 rings (SSSR count). The van der Waals surface area contributed by atoms with Gasteiger partial charge in [-0.25, -0.2) is 16.8 Å². The predicted octanol–water partition coefficient (Wildman–Crippen LogP) is -0.683. The highest BCUT2D eigenvalue weighted by atomic mass is 32.3. The van der Waals surface area contributed by atoms with E-state index in [1.807, 2.05) is 0 Å². The lowest BCUT2D eigenvalue weighted by atomic mass is 11.0. The van der Waals surface area contributed by atoms with Gasteiger partial charge in [-0.2, -0.15) is 0 Å². The van der Waals surface area contributed by atoms with E-state index in [0.29, 0.717) is 0 Å². The van der Waals surface area contributed by atoms with Crippen LogP contribution < -0.4 is 0 Å². The van der Waals surface area contributed by atoms with Gasteiger partial charge in [-0.3, -0.25) is 4.57 Å². The van der Waals surface area contributed by atoms with Crippen LogP contribution in [0, 0.1) is 0 Å². The molecular weight excluding hydrogens is 267 g/mol. The zero-order valence-electron chi connectivity index (χ0n) is 8.19. The van der Waals surface area contributed by atoms with Gasteiger partial charge in [0, 0.05) is 11.5 Å². The molecule has 0 spiro atoms. The molecular formula is C5H13O7PS2. The molecule has 2 N–H and O–H groups in total. The molecule has 10 heteroatoms. The standard InChI is InChI=1S/C5H13O7PS2/c1-3-14(9,10)5(13(6,7)8)15(11,12)4-2/h5H,3-4H2,1-2H3,(H2,6,7,8). The molecule has 7 nitrogen and oxygen atoms in total. The Bertz CT molecular complexity index is 422. The van der Waals surface area contributed by atoms with E-state index in [-0.39, 0.29) is 0 Å². The van der Waals surface area contributed by atoms with Gasteiger partial charge in [0.1, 0.15) is 0 Å². The molecule has 0 aromatic rings. The Kier molecular flexibility index (Phi) is 4.52. The highest BCUT2D eigenvalue weighted by Crippen LogP contribution is 2.47. The van der Waals surface area contributed by atoms with Crippen LogP contribution in [0.3, 0.4) is 0 Å². The van der Waals surface area contributed by atoms with E-state index in [9.17, 15) is 21.4 Å². The SMILES string of the molecule is CCS(=O)(=O)C(P(=O)(O)O)S(=O)(=O)CC. The molecule has 0 atom stereocenters. The third-order valence-corrected chi connectivity index (χ3v) is 10.4. The maximum absolute atomic E-state index is 11.3. The van der Waals surface area contributed by atoms with Gasteiger partial charge in [0.25, 0.3) is 4.32 Å². The van der Waals surface area contributed by atoms with Gasteiger partial charge in [-0.05, 0) is 0 Å². The summed E-state index contributed by atoms with van der Waals surface area (Å²) in [6.07, 6.45) is 0. The monoisotopic (exact) mass is 280 g/mol. The average Bonchev–Trinajstić information content (AvgIpc) is 2.00. The highest BCUT2D eigenvalue weighted by molar-refractivity contribution is 8.16. The van der Waals surface area contributed by atoms with Crippen molar-refractivity contribution in [1.29, 1.82) is 0 Å². The summed E-state index contributed by atoms with van der Waals surface area (Å²) < 4.78 is 53.4. The second-order valence-electron chi connectivity index (χ2n) is 2.80. The van der Waals surface area contributed by atoms with E-state index >= 15 is 0 Å². The van der Waals surface area contributed by atoms with E-state index in [1.54, 1.807) is 0 Å². The molecule has 92 valence electrons. The van der Waals surface area contributed by atoms with Crippen LogP contribution in [0.25, 0.3) is 0 Å². The Morgan fingerprint density at radius 2 is 1.27 bits per heavy atom. The van der Waals surface area contributed by atoms with Crippen molar-refractivity contribution in [2.45, 2.75) is 18.2 Å². The normalized spacial score (nSPS) is 14.5. The quantitative estimate of drug-likeness (QED) is 0.639. The van der Waals surface area contributed by atoms with Crippen molar-refractivity contribution in [3.63, 3.8) is 0 Å². The van der Waals surface area contributed by atoms with Crippen molar-refractivity contribution in [1.82, 2.24) is 0 Å². The molecule has 0 bridgehead atoms. The third kappa shape index (κ3) is 3.53. The van der Waals surface area contributed by atoms with Gasteiger partial charge in [-0.15, -0.1) is 0 Å². The first-order valence-corrected chi connectivity index (χ1v) is 9.08. The largest absolute Gasteiger partial charge is 0.358 e. The minimum Gasteiger partial charge on any atom is -0.323 e. The molecule has 0 aliphatic heterocycles. The third-order valence-electron chi connectivity index (χ3n) is 1.69. The minimum atomic E-state index is -5.23. The number of sulfone groups is 2. The summed E-state index contributed by atoms with van der Waals surface area (Å²) in [7, 11) is -13.9. The Morgan fingerprint density at radius 3 is 1.40 bits per heavy atom. The average molecular weight is 280 g/mol. The molecule has 0 aromatic heterocycles. The molecule has 0 heterocycles. The van der Waals surface area contributed by atoms with Gasteiger partial charge in [0.05, 0.1) is 0 Å². The zero-order valence-corrected chi connectivity index (χ0v) is 10.7. The van der Waals surface area contributed by atoms with E-state index in [1.165, 1.54) is 0 Å². The number of hydrogen-bond donors (Lipinski definition) is 2. The Labute approximate surface area is 88.5 Å². The summed E-state index contributed by atoms with van der Waals surface area (Å²) >= 11 is 0. The summed E-state index contributed by atoms with van der Waals surface area (Å²) in [6.45, 7) is 2.26. The zero-order chi connectivity index (χ0) is 12.5. The van der Waals surface area contributed by atoms with Gasteiger partial charge in [-0.1, -0.05) is 13.8 Å². The van der Waals surface area contributed by atoms with Crippen LogP contribution in [0.4, 0.5) is 0 Å². The molecule has 0 unspecified atom stereocenters. The minimum absolute atomic E-state index is 0.637. The molecule has 0 aliphatic carbocycles. The summed E-state index contributed by atoms with van der Waals surface area (Å²) in [5.41, 5.74) is 0. The van der Waals surface area contributed by atoms with Crippen molar-refractivity contribution < 1.29 is 31.2 Å². The van der Waals surface area contributed by atoms with Gasteiger partial charge in [0.2, 0.25) is 0 Å². The van der Waals surface area contributed by atoms with Crippen molar-refractivity contribution in [3.8, 4) is 0 Å². The Balaban J connectivity index is 5.83. The fourth-order valence-electron chi connectivity index (χ4n) is 0.927. The van der Waals surface area contributed by atoms with Crippen LogP contribution in [0.1, 0.15) is 13.8 Å². The molecule has 0 amide bonds. The van der Waals surface area contributed by atoms with Gasteiger partial charge in [0.15, 0.2) is 19.7 Å². The Morgan fingerprint density at radius 1 is 1.00 bits per heavy atom. The first-order chi connectivity index (χ1) is 6.49. The van der Waals surface area contributed by atoms with Crippen LogP contribution >= 0.6 is 7.60 Å². The van der Waals surface area contributed by atoms with Crippen LogP contribution in [-0.4, -0.2) is 42.5 Å². The second-order valence-corrected chi connectivity index (χ2v) is 10.2. The Hall–Kier alpha value is 0.0500. The summed E-state index contributed by atoms with van der Waals surface area (Å²) in [6, 6.07) is 0. The van der Waals surface area contributed by atoms with E-state index < -0.39 is 43.1 Å². The molecule has 0 saturated heterocycles. The topological polar surface area (TPSA) is 126 Å². The van der Waals surface area contributed by atoms with Gasteiger partial charge >= 0.3 is 7.60 Å². The first-order valence-electron chi connectivity index (χ1n) is 3.97. The maximum atomic E-state index is 11.3. The van der Waals surface area contributed by atoms with Crippen molar-refractivity contribution in [3.05, 3.63) is 0 Å². The van der Waals surface area contributed by atoms with Crippen LogP contribution in [-0.2, 0) is 24.2 Å². The maximum Gasteiger partial charge on any atom is 0.358 e. The highest BCUT2D eigenvalue weighted by Gasteiger charge is 2.48. The molecule has 0 radical (unpaired) electrons. The number of hydrogen-bond acceptors (Lipinski definition) is 5. The summed E-state index contributed by atoms with van der Waals surface area (Å²) in [4.78, 5) is 17.5. The summed E-state index contributed by atoms with van der Waals surface area (Å²) in [5.74, 6) is -1.27. The second kappa shape index (κ2) is 4.50. The van der Waals surface area contributed by atoms with Crippen molar-refractivity contribution >= 4 is 27.3 Å². The smallest absolute Gasteiger partial charge is 0.323 e. The molecule has 0 fully saturated rings. The van der Waals surface area contributed by atoms with E-state index in [4.69, 9.17) is 9.79 Å². The fraction of sp³-hybridized carbons (Fsp3) is 1.00. The predicted molar refractivity (Wildman–Crippen MR) is 54.8 cm³/mol. The first kappa shape index (κ1) is 15.0. The lowest BCUT2D eigenvalue weighted by molar-refractivity contribution is 0.374. The van der Waals surface area contributed by atoms with E-state index in [0.717, 1.165) is 13.8 Å². The summed E-state index contributed by atoms with van der Waals surface area (Å²) in [5, 5.41) is 0. The van der Waals surface area contributed by atoms with Crippen LogP contribution in [0.2, 0.25) is 0 Å². The van der Waals surface area contributed by atoms with Crippen molar-refractivity contribution in [2.75, 3.05) is 11.5 Å². The molecule has 0 aliphatic rings. The van der Waals surface area contributed by atoms with Crippen LogP contribution in [0.5, 0.6) is 0 Å². The molecule has 0 saturated carbocycles. The number of rotatable bonds is 5. The van der Waals surface area contributed by atoms with Crippen LogP contribution in [0.15, 0.2) is 0 Å². The molecule has 0 aromatic carbocycles.